The third-order valence-corrected chi connectivity index (χ3v) is 3.92. The first-order valence-corrected chi connectivity index (χ1v) is 8.70. The van der Waals surface area contributed by atoms with Gasteiger partial charge >= 0.3 is 0 Å². The number of amides is 2. The molecule has 0 unspecified atom stereocenters. The van der Waals surface area contributed by atoms with E-state index < -0.39 is 0 Å². The Morgan fingerprint density at radius 1 is 0.857 bits per heavy atom. The molecule has 6 heteroatoms. The lowest BCUT2D eigenvalue weighted by atomic mass is 10.2. The van der Waals surface area contributed by atoms with Crippen molar-refractivity contribution in [2.75, 3.05) is 11.9 Å². The minimum Gasteiger partial charge on any atom is -0.484 e. The second-order valence-electron chi connectivity index (χ2n) is 6.04. The first-order valence-electron chi connectivity index (χ1n) is 8.70. The molecule has 0 atom stereocenters. The summed E-state index contributed by atoms with van der Waals surface area (Å²) in [5, 5.41) is 5.49. The zero-order chi connectivity index (χ0) is 19.8. The van der Waals surface area contributed by atoms with Crippen LogP contribution in [0.15, 0.2) is 78.9 Å². The Kier molecular flexibility index (Phi) is 6.36. The van der Waals surface area contributed by atoms with Gasteiger partial charge in [0.05, 0.1) is 0 Å². The van der Waals surface area contributed by atoms with Gasteiger partial charge in [-0.2, -0.15) is 0 Å². The fourth-order valence-corrected chi connectivity index (χ4v) is 2.43. The number of carbonyl (C=O) groups is 2. The van der Waals surface area contributed by atoms with Gasteiger partial charge in [0.25, 0.3) is 11.8 Å². The van der Waals surface area contributed by atoms with E-state index in [0.29, 0.717) is 23.5 Å². The van der Waals surface area contributed by atoms with E-state index in [1.54, 1.807) is 60.7 Å². The number of nitrogens with one attached hydrogen (secondary N) is 2. The number of benzene rings is 3. The normalized spacial score (nSPS) is 10.2. The minimum atomic E-state index is -0.318. The number of rotatable bonds is 7. The Hall–Kier alpha value is -3.67. The molecule has 0 aliphatic heterocycles. The van der Waals surface area contributed by atoms with Crippen molar-refractivity contribution in [3.63, 3.8) is 0 Å². The van der Waals surface area contributed by atoms with Gasteiger partial charge in [-0.1, -0.05) is 30.3 Å². The average molecular weight is 378 g/mol. The second-order valence-corrected chi connectivity index (χ2v) is 6.04. The van der Waals surface area contributed by atoms with Crippen LogP contribution in [0.4, 0.5) is 10.1 Å². The van der Waals surface area contributed by atoms with Crippen molar-refractivity contribution in [1.82, 2.24) is 5.32 Å². The van der Waals surface area contributed by atoms with E-state index in [2.05, 4.69) is 10.6 Å². The lowest BCUT2D eigenvalue weighted by Crippen LogP contribution is -2.28. The van der Waals surface area contributed by atoms with Gasteiger partial charge in [-0.25, -0.2) is 4.39 Å². The summed E-state index contributed by atoms with van der Waals surface area (Å²) >= 11 is 0. The highest BCUT2D eigenvalue weighted by atomic mass is 19.1. The molecular weight excluding hydrogens is 359 g/mol. The van der Waals surface area contributed by atoms with E-state index in [1.165, 1.54) is 12.1 Å². The molecule has 28 heavy (non-hydrogen) atoms. The number of carbonyl (C=O) groups excluding carboxylic acids is 2. The minimum absolute atomic E-state index is 0.142. The largest absolute Gasteiger partial charge is 0.484 e. The third-order valence-electron chi connectivity index (χ3n) is 3.92. The third kappa shape index (κ3) is 5.67. The first-order chi connectivity index (χ1) is 13.6. The molecule has 2 amide bonds. The van der Waals surface area contributed by atoms with Gasteiger partial charge in [0, 0.05) is 17.8 Å². The Labute approximate surface area is 162 Å². The van der Waals surface area contributed by atoms with Crippen molar-refractivity contribution in [2.45, 2.75) is 6.54 Å². The zero-order valence-electron chi connectivity index (χ0n) is 15.0. The number of anilines is 1. The standard InChI is InChI=1S/C22H19FN2O3/c23-18-8-6-16(7-9-18)14-24-21(26)15-28-20-12-10-19(11-13-20)25-22(27)17-4-2-1-3-5-17/h1-13H,14-15H2,(H,24,26)(H,25,27). The van der Waals surface area contributed by atoms with E-state index >= 15 is 0 Å². The van der Waals surface area contributed by atoms with Crippen LogP contribution in [0.25, 0.3) is 0 Å². The highest BCUT2D eigenvalue weighted by molar-refractivity contribution is 6.04. The van der Waals surface area contributed by atoms with Crippen LogP contribution < -0.4 is 15.4 Å². The van der Waals surface area contributed by atoms with Crippen molar-refractivity contribution in [3.8, 4) is 5.75 Å². The summed E-state index contributed by atoms with van der Waals surface area (Å²) in [5.74, 6) is -0.295. The molecule has 0 saturated heterocycles. The highest BCUT2D eigenvalue weighted by Gasteiger charge is 2.06. The molecule has 0 radical (unpaired) electrons. The van der Waals surface area contributed by atoms with Crippen molar-refractivity contribution < 1.29 is 18.7 Å². The van der Waals surface area contributed by atoms with Crippen LogP contribution in [-0.4, -0.2) is 18.4 Å². The second kappa shape index (κ2) is 9.32. The van der Waals surface area contributed by atoms with Gasteiger partial charge in [-0.3, -0.25) is 9.59 Å². The molecule has 2 N–H and O–H groups in total. The summed E-state index contributed by atoms with van der Waals surface area (Å²) in [6.07, 6.45) is 0. The summed E-state index contributed by atoms with van der Waals surface area (Å²) in [7, 11) is 0. The van der Waals surface area contributed by atoms with Crippen molar-refractivity contribution >= 4 is 17.5 Å². The maximum Gasteiger partial charge on any atom is 0.258 e. The number of halogens is 1. The Morgan fingerprint density at radius 2 is 1.54 bits per heavy atom. The number of hydrogen-bond donors (Lipinski definition) is 2. The zero-order valence-corrected chi connectivity index (χ0v) is 15.0. The smallest absolute Gasteiger partial charge is 0.258 e. The summed E-state index contributed by atoms with van der Waals surface area (Å²) in [4.78, 5) is 24.0. The summed E-state index contributed by atoms with van der Waals surface area (Å²) in [6, 6.07) is 21.6. The monoisotopic (exact) mass is 378 g/mol. The molecule has 3 rings (SSSR count). The van der Waals surface area contributed by atoms with Crippen molar-refractivity contribution in [2.24, 2.45) is 0 Å². The summed E-state index contributed by atoms with van der Waals surface area (Å²) < 4.78 is 18.3. The van der Waals surface area contributed by atoms with E-state index in [1.807, 2.05) is 6.07 Å². The van der Waals surface area contributed by atoms with Gasteiger partial charge in [-0.15, -0.1) is 0 Å². The quantitative estimate of drug-likeness (QED) is 0.658. The van der Waals surface area contributed by atoms with Gasteiger partial charge in [0.1, 0.15) is 11.6 Å². The number of hydrogen-bond acceptors (Lipinski definition) is 3. The first kappa shape index (κ1) is 19.1. The van der Waals surface area contributed by atoms with Gasteiger partial charge in [0.2, 0.25) is 0 Å². The van der Waals surface area contributed by atoms with E-state index in [4.69, 9.17) is 4.74 Å². The van der Waals surface area contributed by atoms with Crippen LogP contribution in [0.3, 0.4) is 0 Å². The van der Waals surface area contributed by atoms with E-state index in [0.717, 1.165) is 5.56 Å². The molecule has 0 aliphatic carbocycles. The van der Waals surface area contributed by atoms with Crippen LogP contribution in [-0.2, 0) is 11.3 Å². The molecule has 0 bridgehead atoms. The molecular formula is C22H19FN2O3. The van der Waals surface area contributed by atoms with Gasteiger partial charge in [-0.05, 0) is 54.1 Å². The molecule has 0 saturated carbocycles. The lowest BCUT2D eigenvalue weighted by molar-refractivity contribution is -0.123. The predicted molar refractivity (Wildman–Crippen MR) is 105 cm³/mol. The van der Waals surface area contributed by atoms with Crippen LogP contribution >= 0.6 is 0 Å². The molecule has 3 aromatic carbocycles. The Morgan fingerprint density at radius 3 is 2.21 bits per heavy atom. The molecule has 0 heterocycles. The van der Waals surface area contributed by atoms with Gasteiger partial charge < -0.3 is 15.4 Å². The van der Waals surface area contributed by atoms with Crippen LogP contribution in [0.5, 0.6) is 5.75 Å². The van der Waals surface area contributed by atoms with Gasteiger partial charge in [0.15, 0.2) is 6.61 Å². The fourth-order valence-electron chi connectivity index (χ4n) is 2.43. The Balaban J connectivity index is 1.44. The molecule has 0 aliphatic rings. The van der Waals surface area contributed by atoms with E-state index in [9.17, 15) is 14.0 Å². The molecule has 3 aromatic rings. The molecule has 0 fully saturated rings. The molecule has 142 valence electrons. The highest BCUT2D eigenvalue weighted by Crippen LogP contribution is 2.16. The van der Waals surface area contributed by atoms with Crippen molar-refractivity contribution in [1.29, 1.82) is 0 Å². The molecule has 0 spiro atoms. The maximum absolute atomic E-state index is 12.8. The Bertz CT molecular complexity index is 926. The topological polar surface area (TPSA) is 67.4 Å². The fraction of sp³-hybridized carbons (Fsp3) is 0.0909. The predicted octanol–water partition coefficient (Wildman–Crippen LogP) is 3.77. The SMILES string of the molecule is O=C(COc1ccc(NC(=O)c2ccccc2)cc1)NCc1ccc(F)cc1. The number of ether oxygens (including phenoxy) is 1. The van der Waals surface area contributed by atoms with E-state index in [-0.39, 0.29) is 24.2 Å². The average Bonchev–Trinajstić information content (AvgIpc) is 2.73. The summed E-state index contributed by atoms with van der Waals surface area (Å²) in [5.41, 5.74) is 2.00. The lowest BCUT2D eigenvalue weighted by Gasteiger charge is -2.09. The molecule has 5 nitrogen and oxygen atoms in total. The summed E-state index contributed by atoms with van der Waals surface area (Å²) in [6.45, 7) is 0.157. The molecule has 0 aromatic heterocycles. The van der Waals surface area contributed by atoms with Crippen LogP contribution in [0, 0.1) is 5.82 Å². The van der Waals surface area contributed by atoms with Crippen LogP contribution in [0.1, 0.15) is 15.9 Å². The van der Waals surface area contributed by atoms with Crippen LogP contribution in [0.2, 0.25) is 0 Å². The maximum atomic E-state index is 12.8. The van der Waals surface area contributed by atoms with Crippen molar-refractivity contribution in [3.05, 3.63) is 95.8 Å².